The highest BCUT2D eigenvalue weighted by Crippen LogP contribution is 2.42. The van der Waals surface area contributed by atoms with Crippen LogP contribution in [-0.4, -0.2) is 20.7 Å². The van der Waals surface area contributed by atoms with Crippen LogP contribution in [-0.2, 0) is 4.79 Å². The maximum atomic E-state index is 13.0. The van der Waals surface area contributed by atoms with Crippen LogP contribution in [0.5, 0.6) is 0 Å². The number of carbonyl (C=O) groups is 1. The summed E-state index contributed by atoms with van der Waals surface area (Å²) in [5.74, 6) is 0.580. The summed E-state index contributed by atoms with van der Waals surface area (Å²) in [6.45, 7) is 3.85. The third-order valence-electron chi connectivity index (χ3n) is 4.92. The zero-order valence-corrected chi connectivity index (χ0v) is 15.0. The zero-order chi connectivity index (χ0) is 18.1. The van der Waals surface area contributed by atoms with Gasteiger partial charge in [-0.1, -0.05) is 74.5 Å². The first kappa shape index (κ1) is 16.5. The molecule has 26 heavy (non-hydrogen) atoms. The Hall–Kier alpha value is -2.95. The van der Waals surface area contributed by atoms with Gasteiger partial charge in [-0.25, -0.2) is 4.68 Å². The SMILES string of the molecule is CC(C)C(=O)N1c2ncnn2[C@@H](c2ccccc2)C[C@H]1c1ccccc1. The van der Waals surface area contributed by atoms with E-state index >= 15 is 0 Å². The van der Waals surface area contributed by atoms with Crippen LogP contribution in [0.15, 0.2) is 67.0 Å². The van der Waals surface area contributed by atoms with Gasteiger partial charge in [0.1, 0.15) is 6.33 Å². The van der Waals surface area contributed by atoms with Gasteiger partial charge in [0.15, 0.2) is 0 Å². The Bertz CT molecular complexity index is 889. The van der Waals surface area contributed by atoms with Crippen molar-refractivity contribution in [3.63, 3.8) is 0 Å². The second kappa shape index (κ2) is 6.75. The molecule has 1 aromatic heterocycles. The van der Waals surface area contributed by atoms with Crippen molar-refractivity contribution >= 4 is 11.9 Å². The molecule has 0 radical (unpaired) electrons. The van der Waals surface area contributed by atoms with Gasteiger partial charge < -0.3 is 0 Å². The lowest BCUT2D eigenvalue weighted by Gasteiger charge is -2.39. The molecule has 0 saturated heterocycles. The Morgan fingerprint density at radius 2 is 1.54 bits per heavy atom. The fourth-order valence-electron chi connectivity index (χ4n) is 3.64. The third kappa shape index (κ3) is 2.79. The quantitative estimate of drug-likeness (QED) is 0.720. The van der Waals surface area contributed by atoms with Gasteiger partial charge >= 0.3 is 0 Å². The lowest BCUT2D eigenvalue weighted by Crippen LogP contribution is -2.44. The molecule has 0 saturated carbocycles. The fraction of sp³-hybridized carbons (Fsp3) is 0.286. The number of hydrogen-bond acceptors (Lipinski definition) is 3. The van der Waals surface area contributed by atoms with Crippen molar-refractivity contribution in [2.24, 2.45) is 5.92 Å². The maximum absolute atomic E-state index is 13.0. The normalized spacial score (nSPS) is 19.4. The summed E-state index contributed by atoms with van der Waals surface area (Å²) in [6.07, 6.45) is 2.31. The number of fused-ring (bicyclic) bond motifs is 1. The van der Waals surface area contributed by atoms with E-state index in [2.05, 4.69) is 34.3 Å². The highest BCUT2D eigenvalue weighted by Gasteiger charge is 2.39. The van der Waals surface area contributed by atoms with Crippen LogP contribution in [0.2, 0.25) is 0 Å². The maximum Gasteiger partial charge on any atom is 0.232 e. The summed E-state index contributed by atoms with van der Waals surface area (Å²) in [7, 11) is 0. The Kier molecular flexibility index (Phi) is 4.29. The van der Waals surface area contributed by atoms with E-state index in [-0.39, 0.29) is 23.9 Å². The number of carbonyl (C=O) groups excluding carboxylic acids is 1. The minimum absolute atomic E-state index is 0.0510. The summed E-state index contributed by atoms with van der Waals surface area (Å²) < 4.78 is 1.88. The molecule has 5 nitrogen and oxygen atoms in total. The Morgan fingerprint density at radius 3 is 2.12 bits per heavy atom. The van der Waals surface area contributed by atoms with Crippen LogP contribution >= 0.6 is 0 Å². The van der Waals surface area contributed by atoms with Crippen LogP contribution in [0, 0.1) is 5.92 Å². The fourth-order valence-corrected chi connectivity index (χ4v) is 3.64. The summed E-state index contributed by atoms with van der Waals surface area (Å²) in [5, 5.41) is 4.45. The van der Waals surface area contributed by atoms with Gasteiger partial charge in [-0.05, 0) is 17.5 Å². The number of aromatic nitrogens is 3. The predicted molar refractivity (Wildman–Crippen MR) is 101 cm³/mol. The Balaban J connectivity index is 1.85. The van der Waals surface area contributed by atoms with Gasteiger partial charge in [-0.2, -0.15) is 10.1 Å². The smallest absolute Gasteiger partial charge is 0.232 e. The minimum Gasteiger partial charge on any atom is -0.274 e. The molecule has 2 heterocycles. The number of hydrogen-bond donors (Lipinski definition) is 0. The van der Waals surface area contributed by atoms with E-state index in [0.29, 0.717) is 5.95 Å². The lowest BCUT2D eigenvalue weighted by molar-refractivity contribution is -0.122. The summed E-state index contributed by atoms with van der Waals surface area (Å²) in [4.78, 5) is 19.3. The van der Waals surface area contributed by atoms with Gasteiger partial charge in [0.05, 0.1) is 12.1 Å². The van der Waals surface area contributed by atoms with E-state index in [9.17, 15) is 4.79 Å². The molecule has 1 aliphatic rings. The molecule has 132 valence electrons. The van der Waals surface area contributed by atoms with E-state index in [0.717, 1.165) is 12.0 Å². The van der Waals surface area contributed by atoms with Crippen molar-refractivity contribution in [3.05, 3.63) is 78.1 Å². The number of benzene rings is 2. The average molecular weight is 346 g/mol. The minimum atomic E-state index is -0.111. The molecule has 0 unspecified atom stereocenters. The zero-order valence-electron chi connectivity index (χ0n) is 15.0. The molecule has 1 aliphatic heterocycles. The Morgan fingerprint density at radius 1 is 0.962 bits per heavy atom. The van der Waals surface area contributed by atoms with E-state index in [1.807, 2.05) is 59.8 Å². The van der Waals surface area contributed by atoms with Crippen LogP contribution in [0.1, 0.15) is 43.5 Å². The molecule has 0 N–H and O–H groups in total. The van der Waals surface area contributed by atoms with E-state index < -0.39 is 0 Å². The molecule has 0 fully saturated rings. The lowest BCUT2D eigenvalue weighted by atomic mass is 9.91. The largest absolute Gasteiger partial charge is 0.274 e. The first-order chi connectivity index (χ1) is 12.7. The second-order valence-electron chi connectivity index (χ2n) is 6.96. The van der Waals surface area contributed by atoms with Crippen molar-refractivity contribution in [2.45, 2.75) is 32.4 Å². The first-order valence-corrected chi connectivity index (χ1v) is 8.99. The average Bonchev–Trinajstić information content (AvgIpc) is 3.17. The van der Waals surface area contributed by atoms with Crippen LogP contribution in [0.3, 0.4) is 0 Å². The molecule has 4 rings (SSSR count). The number of amides is 1. The monoisotopic (exact) mass is 346 g/mol. The standard InChI is InChI=1S/C21H22N4O/c1-15(2)20(26)24-18(16-9-5-3-6-10-16)13-19(17-11-7-4-8-12-17)25-21(24)22-14-23-25/h3-12,14-15,18-19H,13H2,1-2H3/t18-,19+/m0/s1. The second-order valence-corrected chi connectivity index (χ2v) is 6.96. The van der Waals surface area contributed by atoms with E-state index in [1.54, 1.807) is 6.33 Å². The van der Waals surface area contributed by atoms with Crippen molar-refractivity contribution < 1.29 is 4.79 Å². The van der Waals surface area contributed by atoms with Gasteiger partial charge in [0.2, 0.25) is 11.9 Å². The first-order valence-electron chi connectivity index (χ1n) is 8.99. The summed E-state index contributed by atoms with van der Waals surface area (Å²) in [5.41, 5.74) is 2.30. The van der Waals surface area contributed by atoms with Crippen LogP contribution in [0.25, 0.3) is 0 Å². The topological polar surface area (TPSA) is 51.0 Å². The van der Waals surface area contributed by atoms with E-state index in [1.165, 1.54) is 5.56 Å². The third-order valence-corrected chi connectivity index (χ3v) is 4.92. The van der Waals surface area contributed by atoms with Crippen molar-refractivity contribution in [1.29, 1.82) is 0 Å². The van der Waals surface area contributed by atoms with E-state index in [4.69, 9.17) is 0 Å². The van der Waals surface area contributed by atoms with Crippen LogP contribution in [0.4, 0.5) is 5.95 Å². The molecule has 0 aliphatic carbocycles. The highest BCUT2D eigenvalue weighted by molar-refractivity contribution is 5.94. The molecule has 2 aromatic carbocycles. The number of anilines is 1. The van der Waals surface area contributed by atoms with Crippen LogP contribution < -0.4 is 4.90 Å². The molecule has 2 atom stereocenters. The molecular weight excluding hydrogens is 324 g/mol. The summed E-state index contributed by atoms with van der Waals surface area (Å²) in [6, 6.07) is 20.5. The molecular formula is C21H22N4O. The van der Waals surface area contributed by atoms with Crippen molar-refractivity contribution in [2.75, 3.05) is 4.90 Å². The summed E-state index contributed by atoms with van der Waals surface area (Å²) >= 11 is 0. The number of rotatable bonds is 3. The van der Waals surface area contributed by atoms with Gasteiger partial charge in [-0.3, -0.25) is 9.69 Å². The Labute approximate surface area is 153 Å². The highest BCUT2D eigenvalue weighted by atomic mass is 16.2. The molecule has 0 spiro atoms. The molecule has 5 heteroatoms. The number of nitrogens with zero attached hydrogens (tertiary/aromatic N) is 4. The molecule has 0 bridgehead atoms. The predicted octanol–water partition coefficient (Wildman–Crippen LogP) is 4.00. The van der Waals surface area contributed by atoms with Crippen molar-refractivity contribution in [3.8, 4) is 0 Å². The van der Waals surface area contributed by atoms with Gasteiger partial charge in [0, 0.05) is 5.92 Å². The molecule has 1 amide bonds. The molecule has 3 aromatic rings. The van der Waals surface area contributed by atoms with Crippen molar-refractivity contribution in [1.82, 2.24) is 14.8 Å². The van der Waals surface area contributed by atoms with Gasteiger partial charge in [-0.15, -0.1) is 0 Å². The van der Waals surface area contributed by atoms with Gasteiger partial charge in [0.25, 0.3) is 0 Å².